The van der Waals surface area contributed by atoms with E-state index in [1.165, 1.54) is 11.1 Å². The number of aryl methyl sites for hydroxylation is 1. The van der Waals surface area contributed by atoms with Crippen molar-refractivity contribution in [2.24, 2.45) is 7.05 Å². The Bertz CT molecular complexity index is 1230. The number of hydrogen-bond donors (Lipinski definition) is 2. The molecule has 0 saturated heterocycles. The van der Waals surface area contributed by atoms with Gasteiger partial charge in [-0.2, -0.15) is 5.10 Å². The van der Waals surface area contributed by atoms with Gasteiger partial charge in [0, 0.05) is 35.6 Å². The van der Waals surface area contributed by atoms with Gasteiger partial charge in [0.25, 0.3) is 0 Å². The molecule has 0 bridgehead atoms. The van der Waals surface area contributed by atoms with Crippen LogP contribution in [0.1, 0.15) is 17.2 Å². The van der Waals surface area contributed by atoms with Gasteiger partial charge in [-0.05, 0) is 42.3 Å². The molecule has 1 aliphatic heterocycles. The lowest BCUT2D eigenvalue weighted by atomic mass is 9.99. The van der Waals surface area contributed by atoms with Crippen molar-refractivity contribution in [3.63, 3.8) is 0 Å². The van der Waals surface area contributed by atoms with E-state index in [1.54, 1.807) is 4.68 Å². The zero-order valence-corrected chi connectivity index (χ0v) is 19.2. The predicted molar refractivity (Wildman–Crippen MR) is 132 cm³/mol. The van der Waals surface area contributed by atoms with Crippen LogP contribution in [0.15, 0.2) is 79.3 Å². The predicted octanol–water partition coefficient (Wildman–Crippen LogP) is 4.88. The summed E-state index contributed by atoms with van der Waals surface area (Å²) in [5.41, 5.74) is 5.33. The van der Waals surface area contributed by atoms with Gasteiger partial charge in [-0.3, -0.25) is 4.68 Å². The topological polar surface area (TPSA) is 64.0 Å². The van der Waals surface area contributed by atoms with Crippen LogP contribution in [0.25, 0.3) is 11.1 Å². The van der Waals surface area contributed by atoms with E-state index in [0.29, 0.717) is 12.4 Å². The third kappa shape index (κ3) is 5.02. The molecule has 0 aliphatic carbocycles. The summed E-state index contributed by atoms with van der Waals surface area (Å²) in [6.07, 6.45) is 6.43. The highest BCUT2D eigenvalue weighted by Gasteiger charge is 2.29. The number of rotatable bonds is 7. The van der Waals surface area contributed by atoms with E-state index >= 15 is 0 Å². The fourth-order valence-corrected chi connectivity index (χ4v) is 4.38. The molecule has 2 N–H and O–H groups in total. The fourth-order valence-electron chi connectivity index (χ4n) is 4.17. The molecule has 6 nitrogen and oxygen atoms in total. The molecule has 3 heterocycles. The Morgan fingerprint density at radius 3 is 2.79 bits per heavy atom. The van der Waals surface area contributed by atoms with Crippen LogP contribution in [0, 0.1) is 0 Å². The van der Waals surface area contributed by atoms with Gasteiger partial charge in [-0.25, -0.2) is 4.98 Å². The zero-order valence-electron chi connectivity index (χ0n) is 18.4. The van der Waals surface area contributed by atoms with Gasteiger partial charge in [-0.15, -0.1) is 0 Å². The second kappa shape index (κ2) is 9.65. The Balaban J connectivity index is 1.32. The molecule has 7 heteroatoms. The van der Waals surface area contributed by atoms with Crippen LogP contribution in [0.4, 0.5) is 5.69 Å². The largest absolute Gasteiger partial charge is 0.469 e. The monoisotopic (exact) mass is 459 g/mol. The molecule has 168 valence electrons. The lowest BCUT2D eigenvalue weighted by molar-refractivity contribution is 0.150. The van der Waals surface area contributed by atoms with Gasteiger partial charge in [0.1, 0.15) is 6.10 Å². The molecule has 0 unspecified atom stereocenters. The summed E-state index contributed by atoms with van der Waals surface area (Å²) in [4.78, 5) is 4.60. The first-order valence-electron chi connectivity index (χ1n) is 11.1. The maximum atomic E-state index is 6.39. The average molecular weight is 460 g/mol. The number of nitrogens with one attached hydrogen (secondary N) is 2. The van der Waals surface area contributed by atoms with Crippen LogP contribution >= 0.6 is 11.6 Å². The average Bonchev–Trinajstić information content (AvgIpc) is 3.28. The number of halogens is 1. The lowest BCUT2D eigenvalue weighted by Crippen LogP contribution is -2.43. The first kappa shape index (κ1) is 21.5. The number of anilines is 1. The maximum absolute atomic E-state index is 6.39. The van der Waals surface area contributed by atoms with Crippen LogP contribution in [0.2, 0.25) is 5.02 Å². The van der Waals surface area contributed by atoms with E-state index in [0.717, 1.165) is 34.8 Å². The maximum Gasteiger partial charge on any atom is 0.237 e. The number of pyridine rings is 1. The Labute approximate surface area is 198 Å². The number of benzene rings is 2. The number of ether oxygens (including phenoxy) is 1. The Hall–Kier alpha value is -3.35. The SMILES string of the molecule is Cn1cc(-c2cnc3c(c2)NC[C@@H]([C@H](NCCc2cccc(Cl)c2)c2ccccc2)O3)cn1. The van der Waals surface area contributed by atoms with Crippen LogP contribution in [0.5, 0.6) is 5.88 Å². The lowest BCUT2D eigenvalue weighted by Gasteiger charge is -2.33. The van der Waals surface area contributed by atoms with E-state index < -0.39 is 0 Å². The van der Waals surface area contributed by atoms with Crippen molar-refractivity contribution in [2.75, 3.05) is 18.4 Å². The molecule has 0 radical (unpaired) electrons. The van der Waals surface area contributed by atoms with Crippen molar-refractivity contribution in [1.82, 2.24) is 20.1 Å². The third-order valence-corrected chi connectivity index (χ3v) is 6.08. The van der Waals surface area contributed by atoms with Crippen molar-refractivity contribution in [2.45, 2.75) is 18.6 Å². The third-order valence-electron chi connectivity index (χ3n) is 5.84. The van der Waals surface area contributed by atoms with Gasteiger partial charge in [0.05, 0.1) is 24.5 Å². The molecule has 2 aromatic carbocycles. The summed E-state index contributed by atoms with van der Waals surface area (Å²) in [5.74, 6) is 0.622. The van der Waals surface area contributed by atoms with Crippen LogP contribution < -0.4 is 15.4 Å². The molecule has 1 aliphatic rings. The summed E-state index contributed by atoms with van der Waals surface area (Å²) in [5, 5.41) is 12.2. The van der Waals surface area contributed by atoms with Crippen molar-refractivity contribution in [3.8, 4) is 17.0 Å². The molecule has 2 aromatic heterocycles. The van der Waals surface area contributed by atoms with E-state index in [9.17, 15) is 0 Å². The fraction of sp³-hybridized carbons (Fsp3) is 0.231. The minimum absolute atomic E-state index is 0.0193. The standard InChI is InChI=1S/C26H26ClN5O/c1-32-17-21(15-31-32)20-13-23-26(30-14-20)33-24(16-29-23)25(19-7-3-2-4-8-19)28-11-10-18-6-5-9-22(27)12-18/h2-9,12-15,17,24-25,28-29H,10-11,16H2,1H3/t24-,25+/m0/s1. The summed E-state index contributed by atoms with van der Waals surface area (Å²) < 4.78 is 8.17. The second-order valence-corrected chi connectivity index (χ2v) is 8.68. The molecule has 4 aromatic rings. The molecule has 0 spiro atoms. The summed E-state index contributed by atoms with van der Waals surface area (Å²) in [6.45, 7) is 1.48. The molecular weight excluding hydrogens is 434 g/mol. The highest BCUT2D eigenvalue weighted by molar-refractivity contribution is 6.30. The van der Waals surface area contributed by atoms with Crippen molar-refractivity contribution in [1.29, 1.82) is 0 Å². The smallest absolute Gasteiger partial charge is 0.237 e. The molecular formula is C26H26ClN5O. The van der Waals surface area contributed by atoms with Crippen LogP contribution in [-0.2, 0) is 13.5 Å². The number of hydrogen-bond acceptors (Lipinski definition) is 5. The van der Waals surface area contributed by atoms with E-state index in [2.05, 4.69) is 57.1 Å². The summed E-state index contributed by atoms with van der Waals surface area (Å²) >= 11 is 6.14. The summed E-state index contributed by atoms with van der Waals surface area (Å²) in [6, 6.07) is 20.5. The van der Waals surface area contributed by atoms with Gasteiger partial charge in [-0.1, -0.05) is 54.1 Å². The minimum Gasteiger partial charge on any atom is -0.469 e. The number of fused-ring (bicyclic) bond motifs is 1. The highest BCUT2D eigenvalue weighted by atomic mass is 35.5. The van der Waals surface area contributed by atoms with E-state index in [4.69, 9.17) is 16.3 Å². The Morgan fingerprint density at radius 2 is 2.00 bits per heavy atom. The normalized spacial score (nSPS) is 15.9. The van der Waals surface area contributed by atoms with Crippen molar-refractivity contribution >= 4 is 17.3 Å². The Kier molecular flexibility index (Phi) is 6.28. The van der Waals surface area contributed by atoms with Crippen molar-refractivity contribution < 1.29 is 4.74 Å². The zero-order chi connectivity index (χ0) is 22.6. The molecule has 33 heavy (non-hydrogen) atoms. The summed E-state index contributed by atoms with van der Waals surface area (Å²) in [7, 11) is 1.91. The number of nitrogens with zero attached hydrogens (tertiary/aromatic N) is 3. The van der Waals surface area contributed by atoms with E-state index in [1.807, 2.05) is 49.9 Å². The van der Waals surface area contributed by atoms with Gasteiger partial charge >= 0.3 is 0 Å². The molecule has 0 fully saturated rings. The van der Waals surface area contributed by atoms with E-state index in [-0.39, 0.29) is 12.1 Å². The van der Waals surface area contributed by atoms with Gasteiger partial charge in [0.15, 0.2) is 0 Å². The van der Waals surface area contributed by atoms with Crippen molar-refractivity contribution in [3.05, 3.63) is 95.4 Å². The highest BCUT2D eigenvalue weighted by Crippen LogP contribution is 2.34. The molecule has 0 saturated carbocycles. The van der Waals surface area contributed by atoms with Gasteiger partial charge < -0.3 is 15.4 Å². The first-order chi connectivity index (χ1) is 16.2. The minimum atomic E-state index is -0.101. The molecule has 0 amide bonds. The van der Waals surface area contributed by atoms with Crippen LogP contribution in [-0.4, -0.2) is 34.0 Å². The Morgan fingerprint density at radius 1 is 1.12 bits per heavy atom. The van der Waals surface area contributed by atoms with Crippen LogP contribution in [0.3, 0.4) is 0 Å². The first-order valence-corrected chi connectivity index (χ1v) is 11.5. The molecule has 2 atom stereocenters. The van der Waals surface area contributed by atoms with Gasteiger partial charge in [0.2, 0.25) is 5.88 Å². The quantitative estimate of drug-likeness (QED) is 0.412. The molecule has 5 rings (SSSR count). The number of aromatic nitrogens is 3. The second-order valence-electron chi connectivity index (χ2n) is 8.24.